The van der Waals surface area contributed by atoms with Crippen molar-refractivity contribution in [3.05, 3.63) is 70.0 Å². The van der Waals surface area contributed by atoms with Gasteiger partial charge in [-0.05, 0) is 18.2 Å². The molecule has 1 aromatic heterocycles. The van der Waals surface area contributed by atoms with E-state index in [0.29, 0.717) is 12.1 Å². The van der Waals surface area contributed by atoms with Crippen molar-refractivity contribution in [2.75, 3.05) is 0 Å². The number of nitriles is 1. The Bertz CT molecular complexity index is 637. The van der Waals surface area contributed by atoms with Gasteiger partial charge in [-0.15, -0.1) is 0 Å². The Morgan fingerprint density at radius 3 is 2.70 bits per heavy atom. The largest absolute Gasteiger partial charge is 0.292 e. The van der Waals surface area contributed by atoms with E-state index in [-0.39, 0.29) is 5.69 Å². The molecule has 1 aromatic carbocycles. The van der Waals surface area contributed by atoms with Crippen molar-refractivity contribution in [3.63, 3.8) is 0 Å². The quantitative estimate of drug-likeness (QED) is 0.663. The maximum Gasteiger partial charge on any atom is 0.275 e. The summed E-state index contributed by atoms with van der Waals surface area (Å²) in [4.78, 5) is 14.6. The van der Waals surface area contributed by atoms with Crippen LogP contribution in [0.15, 0.2) is 48.7 Å². The summed E-state index contributed by atoms with van der Waals surface area (Å²) in [5, 5.41) is 23.1. The van der Waals surface area contributed by atoms with Crippen molar-refractivity contribution in [1.82, 2.24) is 10.3 Å². The van der Waals surface area contributed by atoms with Crippen LogP contribution in [0, 0.1) is 21.4 Å². The van der Waals surface area contributed by atoms with E-state index >= 15 is 0 Å². The summed E-state index contributed by atoms with van der Waals surface area (Å²) in [6.07, 6.45) is 1.66. The Kier molecular flexibility index (Phi) is 4.37. The fourth-order valence-electron chi connectivity index (χ4n) is 1.83. The fourth-order valence-corrected chi connectivity index (χ4v) is 1.83. The van der Waals surface area contributed by atoms with Crippen molar-refractivity contribution in [1.29, 1.82) is 5.26 Å². The van der Waals surface area contributed by atoms with Crippen LogP contribution in [0.5, 0.6) is 0 Å². The number of hydrogen-bond acceptors (Lipinski definition) is 5. The van der Waals surface area contributed by atoms with Crippen LogP contribution in [0.1, 0.15) is 17.3 Å². The van der Waals surface area contributed by atoms with E-state index in [2.05, 4.69) is 10.3 Å². The molecule has 0 spiro atoms. The lowest BCUT2D eigenvalue weighted by Gasteiger charge is -2.11. The number of rotatable bonds is 5. The van der Waals surface area contributed by atoms with E-state index < -0.39 is 11.0 Å². The zero-order chi connectivity index (χ0) is 14.4. The van der Waals surface area contributed by atoms with Gasteiger partial charge in [-0.25, -0.2) is 0 Å². The second kappa shape index (κ2) is 6.41. The summed E-state index contributed by atoms with van der Waals surface area (Å²) in [5.41, 5.74) is 1.06. The van der Waals surface area contributed by atoms with Crippen molar-refractivity contribution < 1.29 is 4.92 Å². The second-order valence-corrected chi connectivity index (χ2v) is 4.08. The first-order valence-corrected chi connectivity index (χ1v) is 5.98. The third-order valence-electron chi connectivity index (χ3n) is 2.79. The zero-order valence-corrected chi connectivity index (χ0v) is 10.6. The number of nitrogens with zero attached hydrogens (tertiary/aromatic N) is 3. The van der Waals surface area contributed by atoms with Gasteiger partial charge < -0.3 is 0 Å². The highest BCUT2D eigenvalue weighted by Gasteiger charge is 2.20. The van der Waals surface area contributed by atoms with Crippen LogP contribution < -0.4 is 5.32 Å². The summed E-state index contributed by atoms with van der Waals surface area (Å²) in [5.74, 6) is 0. The van der Waals surface area contributed by atoms with Crippen LogP contribution in [0.3, 0.4) is 0 Å². The molecule has 0 amide bonds. The van der Waals surface area contributed by atoms with Gasteiger partial charge in [0.1, 0.15) is 6.04 Å². The van der Waals surface area contributed by atoms with E-state index in [1.54, 1.807) is 30.5 Å². The molecule has 1 N–H and O–H groups in total. The monoisotopic (exact) mass is 268 g/mol. The number of benzene rings is 1. The predicted octanol–water partition coefficient (Wildman–Crippen LogP) is 2.34. The van der Waals surface area contributed by atoms with Crippen LogP contribution in [-0.4, -0.2) is 9.91 Å². The minimum Gasteiger partial charge on any atom is -0.292 e. The average molecular weight is 268 g/mol. The third kappa shape index (κ3) is 3.16. The Balaban J connectivity index is 2.17. The molecular formula is C14H12N4O2. The number of nitrogens with one attached hydrogen (secondary N) is 1. The van der Waals surface area contributed by atoms with Crippen LogP contribution in [-0.2, 0) is 6.54 Å². The maximum atomic E-state index is 11.0. The molecule has 6 heteroatoms. The van der Waals surface area contributed by atoms with E-state index in [1.807, 2.05) is 18.2 Å². The SMILES string of the molecule is N#CC(NCc1ccccn1)c1ccccc1[N+](=O)[O-]. The molecule has 2 rings (SSSR count). The highest BCUT2D eigenvalue weighted by atomic mass is 16.6. The number of pyridine rings is 1. The number of aromatic nitrogens is 1. The molecule has 0 radical (unpaired) electrons. The normalized spacial score (nSPS) is 11.6. The van der Waals surface area contributed by atoms with Gasteiger partial charge in [0.05, 0.1) is 22.2 Å². The van der Waals surface area contributed by atoms with Crippen molar-refractivity contribution in [2.45, 2.75) is 12.6 Å². The molecule has 0 aliphatic rings. The van der Waals surface area contributed by atoms with Gasteiger partial charge in [0, 0.05) is 18.8 Å². The molecular weight excluding hydrogens is 256 g/mol. The first-order chi connectivity index (χ1) is 9.72. The van der Waals surface area contributed by atoms with Gasteiger partial charge in [0.2, 0.25) is 0 Å². The lowest BCUT2D eigenvalue weighted by Crippen LogP contribution is -2.20. The van der Waals surface area contributed by atoms with Gasteiger partial charge in [-0.2, -0.15) is 5.26 Å². The molecule has 2 aromatic rings. The van der Waals surface area contributed by atoms with Gasteiger partial charge in [0.15, 0.2) is 0 Å². The molecule has 0 saturated carbocycles. The minimum absolute atomic E-state index is 0.0624. The van der Waals surface area contributed by atoms with E-state index in [9.17, 15) is 15.4 Å². The Morgan fingerprint density at radius 2 is 2.05 bits per heavy atom. The van der Waals surface area contributed by atoms with Gasteiger partial charge in [0.25, 0.3) is 5.69 Å². The summed E-state index contributed by atoms with van der Waals surface area (Å²) in [7, 11) is 0. The van der Waals surface area contributed by atoms with Gasteiger partial charge in [-0.3, -0.25) is 20.4 Å². The van der Waals surface area contributed by atoms with Crippen LogP contribution in [0.4, 0.5) is 5.69 Å². The highest BCUT2D eigenvalue weighted by Crippen LogP contribution is 2.24. The minimum atomic E-state index is -0.751. The topological polar surface area (TPSA) is 91.8 Å². The summed E-state index contributed by atoms with van der Waals surface area (Å²) in [6, 6.07) is 13.0. The summed E-state index contributed by atoms with van der Waals surface area (Å²) in [6.45, 7) is 0.366. The molecule has 0 fully saturated rings. The molecule has 0 aliphatic heterocycles. The average Bonchev–Trinajstić information content (AvgIpc) is 2.49. The number of nitro benzene ring substituents is 1. The Hall–Kier alpha value is -2.78. The van der Waals surface area contributed by atoms with Crippen molar-refractivity contribution in [3.8, 4) is 6.07 Å². The molecule has 1 heterocycles. The fraction of sp³-hybridized carbons (Fsp3) is 0.143. The zero-order valence-electron chi connectivity index (χ0n) is 10.6. The standard InChI is InChI=1S/C14H12N4O2/c15-9-13(17-10-11-5-3-4-8-16-11)12-6-1-2-7-14(12)18(19)20/h1-8,13,17H,10H2. The molecule has 6 nitrogen and oxygen atoms in total. The highest BCUT2D eigenvalue weighted by molar-refractivity contribution is 5.44. The number of nitro groups is 1. The maximum absolute atomic E-state index is 11.0. The third-order valence-corrected chi connectivity index (χ3v) is 2.79. The lowest BCUT2D eigenvalue weighted by atomic mass is 10.1. The molecule has 1 unspecified atom stereocenters. The number of hydrogen-bond donors (Lipinski definition) is 1. The van der Waals surface area contributed by atoms with E-state index in [0.717, 1.165) is 5.69 Å². The van der Waals surface area contributed by atoms with Gasteiger partial charge in [-0.1, -0.05) is 18.2 Å². The Labute approximate surface area is 115 Å². The van der Waals surface area contributed by atoms with E-state index in [1.165, 1.54) is 6.07 Å². The summed E-state index contributed by atoms with van der Waals surface area (Å²) < 4.78 is 0. The molecule has 0 aliphatic carbocycles. The Morgan fingerprint density at radius 1 is 1.30 bits per heavy atom. The molecule has 0 bridgehead atoms. The first kappa shape index (κ1) is 13.6. The predicted molar refractivity (Wildman–Crippen MR) is 72.5 cm³/mol. The number of para-hydroxylation sites is 1. The second-order valence-electron chi connectivity index (χ2n) is 4.08. The lowest BCUT2D eigenvalue weighted by molar-refractivity contribution is -0.385. The summed E-state index contributed by atoms with van der Waals surface area (Å²) >= 11 is 0. The molecule has 1 atom stereocenters. The molecule has 20 heavy (non-hydrogen) atoms. The van der Waals surface area contributed by atoms with Crippen LogP contribution in [0.25, 0.3) is 0 Å². The van der Waals surface area contributed by atoms with Gasteiger partial charge >= 0.3 is 0 Å². The molecule has 100 valence electrons. The van der Waals surface area contributed by atoms with Crippen LogP contribution in [0.2, 0.25) is 0 Å². The van der Waals surface area contributed by atoms with Crippen molar-refractivity contribution in [2.24, 2.45) is 0 Å². The van der Waals surface area contributed by atoms with Crippen molar-refractivity contribution >= 4 is 5.69 Å². The molecule has 0 saturated heterocycles. The van der Waals surface area contributed by atoms with E-state index in [4.69, 9.17) is 0 Å². The smallest absolute Gasteiger partial charge is 0.275 e. The van der Waals surface area contributed by atoms with Crippen LogP contribution >= 0.6 is 0 Å². The first-order valence-electron chi connectivity index (χ1n) is 5.98.